The Labute approximate surface area is 151 Å². The lowest BCUT2D eigenvalue weighted by Gasteiger charge is -2.33. The molecule has 3 saturated heterocycles. The second kappa shape index (κ2) is 7.46. The highest BCUT2D eigenvalue weighted by Crippen LogP contribution is 2.30. The minimum Gasteiger partial charge on any atom is -0.334 e. The smallest absolute Gasteiger partial charge is 0.254 e. The van der Waals surface area contributed by atoms with Crippen molar-refractivity contribution in [2.24, 2.45) is 0 Å². The van der Waals surface area contributed by atoms with E-state index in [4.69, 9.17) is 0 Å². The van der Waals surface area contributed by atoms with Crippen LogP contribution in [0.1, 0.15) is 54.4 Å². The summed E-state index contributed by atoms with van der Waals surface area (Å²) in [5.74, 6) is 0.242. The number of amides is 1. The first-order valence-corrected chi connectivity index (χ1v) is 10.0. The Kier molecular flexibility index (Phi) is 5.09. The van der Waals surface area contributed by atoms with Crippen LogP contribution in [0.25, 0.3) is 0 Å². The van der Waals surface area contributed by atoms with Crippen molar-refractivity contribution in [2.45, 2.75) is 57.2 Å². The Morgan fingerprint density at radius 2 is 1.76 bits per heavy atom. The summed E-state index contributed by atoms with van der Waals surface area (Å²) in [6.07, 6.45) is 7.43. The molecule has 0 aromatic heterocycles. The van der Waals surface area contributed by atoms with E-state index in [1.807, 2.05) is 6.07 Å². The molecule has 25 heavy (non-hydrogen) atoms. The summed E-state index contributed by atoms with van der Waals surface area (Å²) in [5.41, 5.74) is 2.16. The topological polar surface area (TPSA) is 26.8 Å². The van der Waals surface area contributed by atoms with Gasteiger partial charge in [-0.2, -0.15) is 0 Å². The van der Waals surface area contributed by atoms with Crippen LogP contribution in [0, 0.1) is 0 Å². The van der Waals surface area contributed by atoms with E-state index in [2.05, 4.69) is 39.9 Å². The van der Waals surface area contributed by atoms with Crippen molar-refractivity contribution in [3.8, 4) is 0 Å². The van der Waals surface area contributed by atoms with Gasteiger partial charge in [0.1, 0.15) is 0 Å². The van der Waals surface area contributed by atoms with Gasteiger partial charge in [-0.15, -0.1) is 0 Å². The molecule has 0 unspecified atom stereocenters. The average molecular weight is 341 g/mol. The molecular weight excluding hydrogens is 310 g/mol. The SMILES string of the molecule is CN1CCC[C@@H]1[C@@H]1CCCN1C(=O)c1cccc(CN2CCCC2)c1. The van der Waals surface area contributed by atoms with Crippen LogP contribution in [0.5, 0.6) is 0 Å². The summed E-state index contributed by atoms with van der Waals surface area (Å²) in [4.78, 5) is 20.3. The number of carbonyl (C=O) groups is 1. The molecule has 0 radical (unpaired) electrons. The van der Waals surface area contributed by atoms with E-state index in [0.717, 1.165) is 31.5 Å². The van der Waals surface area contributed by atoms with Gasteiger partial charge >= 0.3 is 0 Å². The summed E-state index contributed by atoms with van der Waals surface area (Å²) in [7, 11) is 2.22. The normalized spacial score (nSPS) is 28.1. The van der Waals surface area contributed by atoms with Crippen molar-refractivity contribution in [1.29, 1.82) is 0 Å². The van der Waals surface area contributed by atoms with Crippen LogP contribution >= 0.6 is 0 Å². The van der Waals surface area contributed by atoms with Crippen molar-refractivity contribution in [3.05, 3.63) is 35.4 Å². The van der Waals surface area contributed by atoms with Gasteiger partial charge in [0.05, 0.1) is 0 Å². The lowest BCUT2D eigenvalue weighted by molar-refractivity contribution is 0.0664. The largest absolute Gasteiger partial charge is 0.334 e. The summed E-state index contributed by atoms with van der Waals surface area (Å²) in [6.45, 7) is 5.47. The molecular formula is C21H31N3O. The van der Waals surface area contributed by atoms with Gasteiger partial charge in [0.2, 0.25) is 0 Å². The zero-order valence-corrected chi connectivity index (χ0v) is 15.5. The van der Waals surface area contributed by atoms with E-state index in [-0.39, 0.29) is 5.91 Å². The third-order valence-electron chi connectivity index (χ3n) is 6.36. The van der Waals surface area contributed by atoms with Crippen LogP contribution in [-0.2, 0) is 6.54 Å². The number of nitrogens with zero attached hydrogens (tertiary/aromatic N) is 3. The molecule has 1 aromatic rings. The maximum atomic E-state index is 13.2. The van der Waals surface area contributed by atoms with Crippen molar-refractivity contribution in [1.82, 2.24) is 14.7 Å². The quantitative estimate of drug-likeness (QED) is 0.842. The van der Waals surface area contributed by atoms with Crippen molar-refractivity contribution < 1.29 is 4.79 Å². The summed E-state index contributed by atoms with van der Waals surface area (Å²) < 4.78 is 0. The van der Waals surface area contributed by atoms with Gasteiger partial charge < -0.3 is 9.80 Å². The number of benzene rings is 1. The number of hydrogen-bond donors (Lipinski definition) is 0. The zero-order chi connectivity index (χ0) is 17.2. The minimum atomic E-state index is 0.242. The Bertz CT molecular complexity index is 611. The molecule has 3 fully saturated rings. The molecule has 0 spiro atoms. The Morgan fingerprint density at radius 3 is 2.52 bits per heavy atom. The molecule has 4 rings (SSSR count). The number of hydrogen-bond acceptors (Lipinski definition) is 3. The molecule has 4 heteroatoms. The molecule has 0 aliphatic carbocycles. The van der Waals surface area contributed by atoms with E-state index < -0.39 is 0 Å². The number of likely N-dealkylation sites (N-methyl/N-ethyl adjacent to an activating group) is 1. The highest BCUT2D eigenvalue weighted by Gasteiger charge is 2.38. The first-order chi connectivity index (χ1) is 12.2. The Morgan fingerprint density at radius 1 is 1.00 bits per heavy atom. The second-order valence-corrected chi connectivity index (χ2v) is 8.08. The van der Waals surface area contributed by atoms with E-state index in [1.165, 1.54) is 50.9 Å². The van der Waals surface area contributed by atoms with Gasteiger partial charge in [0.25, 0.3) is 5.91 Å². The first kappa shape index (κ1) is 17.0. The fourth-order valence-electron chi connectivity index (χ4n) is 5.03. The predicted molar refractivity (Wildman–Crippen MR) is 101 cm³/mol. The van der Waals surface area contributed by atoms with E-state index in [1.54, 1.807) is 0 Å². The molecule has 4 nitrogen and oxygen atoms in total. The molecule has 2 atom stereocenters. The number of carbonyl (C=O) groups excluding carboxylic acids is 1. The Balaban J connectivity index is 1.47. The molecule has 0 N–H and O–H groups in total. The second-order valence-electron chi connectivity index (χ2n) is 8.08. The van der Waals surface area contributed by atoms with Gasteiger partial charge in [0, 0.05) is 30.7 Å². The number of likely N-dealkylation sites (tertiary alicyclic amines) is 3. The summed E-state index contributed by atoms with van der Waals surface area (Å²) in [6, 6.07) is 9.33. The molecule has 3 heterocycles. The molecule has 0 saturated carbocycles. The fourth-order valence-corrected chi connectivity index (χ4v) is 5.03. The maximum Gasteiger partial charge on any atom is 0.254 e. The zero-order valence-electron chi connectivity index (χ0n) is 15.5. The van der Waals surface area contributed by atoms with E-state index in [0.29, 0.717) is 12.1 Å². The van der Waals surface area contributed by atoms with Crippen molar-refractivity contribution in [2.75, 3.05) is 33.2 Å². The first-order valence-electron chi connectivity index (χ1n) is 10.0. The van der Waals surface area contributed by atoms with Crippen LogP contribution in [0.15, 0.2) is 24.3 Å². The Hall–Kier alpha value is -1.39. The van der Waals surface area contributed by atoms with Crippen LogP contribution in [0.3, 0.4) is 0 Å². The maximum absolute atomic E-state index is 13.2. The molecule has 1 amide bonds. The van der Waals surface area contributed by atoms with Crippen molar-refractivity contribution in [3.63, 3.8) is 0 Å². The standard InChI is InChI=1S/C21H31N3O/c1-22-11-5-9-19(22)20-10-6-14-24(20)21(25)18-8-4-7-17(15-18)16-23-12-2-3-13-23/h4,7-8,15,19-20H,2-3,5-6,9-14,16H2,1H3/t19-,20+/m1/s1. The van der Waals surface area contributed by atoms with Crippen LogP contribution in [0.4, 0.5) is 0 Å². The summed E-state index contributed by atoms with van der Waals surface area (Å²) >= 11 is 0. The van der Waals surface area contributed by atoms with Crippen LogP contribution in [-0.4, -0.2) is 65.9 Å². The summed E-state index contributed by atoms with van der Waals surface area (Å²) in [5, 5.41) is 0. The van der Waals surface area contributed by atoms with Gasteiger partial charge in [-0.3, -0.25) is 9.69 Å². The average Bonchev–Trinajstić information content (AvgIpc) is 3.35. The number of rotatable bonds is 4. The minimum absolute atomic E-state index is 0.242. The van der Waals surface area contributed by atoms with Gasteiger partial charge in [-0.1, -0.05) is 12.1 Å². The highest BCUT2D eigenvalue weighted by molar-refractivity contribution is 5.94. The van der Waals surface area contributed by atoms with E-state index >= 15 is 0 Å². The van der Waals surface area contributed by atoms with E-state index in [9.17, 15) is 4.79 Å². The lowest BCUT2D eigenvalue weighted by atomic mass is 10.0. The van der Waals surface area contributed by atoms with Crippen LogP contribution in [0.2, 0.25) is 0 Å². The molecule has 0 bridgehead atoms. The highest BCUT2D eigenvalue weighted by atomic mass is 16.2. The molecule has 1 aromatic carbocycles. The third-order valence-corrected chi connectivity index (χ3v) is 6.36. The lowest BCUT2D eigenvalue weighted by Crippen LogP contribution is -2.47. The molecule has 3 aliphatic rings. The third kappa shape index (κ3) is 3.61. The van der Waals surface area contributed by atoms with Gasteiger partial charge in [-0.25, -0.2) is 0 Å². The van der Waals surface area contributed by atoms with Gasteiger partial charge in [-0.05, 0) is 82.9 Å². The molecule has 3 aliphatic heterocycles. The molecule has 136 valence electrons. The predicted octanol–water partition coefficient (Wildman–Crippen LogP) is 2.98. The van der Waals surface area contributed by atoms with Crippen molar-refractivity contribution >= 4 is 5.91 Å². The van der Waals surface area contributed by atoms with Gasteiger partial charge in [0.15, 0.2) is 0 Å². The fraction of sp³-hybridized carbons (Fsp3) is 0.667. The monoisotopic (exact) mass is 341 g/mol. The van der Waals surface area contributed by atoms with Crippen LogP contribution < -0.4 is 0 Å².